The van der Waals surface area contributed by atoms with Gasteiger partial charge in [-0.15, -0.1) is 0 Å². The zero-order valence-corrected chi connectivity index (χ0v) is 11.7. The van der Waals surface area contributed by atoms with Crippen molar-refractivity contribution in [3.05, 3.63) is 23.0 Å². The van der Waals surface area contributed by atoms with Crippen molar-refractivity contribution in [1.29, 1.82) is 0 Å². The van der Waals surface area contributed by atoms with E-state index in [1.807, 2.05) is 30.8 Å². The fourth-order valence-electron chi connectivity index (χ4n) is 1.83. The van der Waals surface area contributed by atoms with Gasteiger partial charge in [-0.3, -0.25) is 0 Å². The van der Waals surface area contributed by atoms with Gasteiger partial charge in [0, 0.05) is 12.3 Å². The molecule has 0 spiro atoms. The number of aromatic amines is 1. The van der Waals surface area contributed by atoms with E-state index in [1.165, 1.54) is 0 Å². The molecule has 0 amide bonds. The van der Waals surface area contributed by atoms with E-state index in [9.17, 15) is 0 Å². The second kappa shape index (κ2) is 5.60. The number of aryl methyl sites for hydroxylation is 1. The van der Waals surface area contributed by atoms with Crippen LogP contribution in [0.1, 0.15) is 6.92 Å². The van der Waals surface area contributed by atoms with Gasteiger partial charge >= 0.3 is 0 Å². The van der Waals surface area contributed by atoms with E-state index in [1.54, 1.807) is 0 Å². The Labute approximate surface area is 110 Å². The van der Waals surface area contributed by atoms with E-state index < -0.39 is 0 Å². The number of ether oxygens (including phenoxy) is 1. The Bertz CT molecular complexity index is 559. The molecule has 3 nitrogen and oxygen atoms in total. The molecule has 0 aliphatic carbocycles. The monoisotopic (exact) mass is 268 g/mol. The molecule has 5 heteroatoms. The first-order valence-corrected chi connectivity index (χ1v) is 7.41. The number of fused-ring (bicyclic) bond motifs is 1. The molecule has 0 saturated heterocycles. The van der Waals surface area contributed by atoms with Crippen molar-refractivity contribution >= 4 is 35.0 Å². The summed E-state index contributed by atoms with van der Waals surface area (Å²) in [5.41, 5.74) is 2.12. The van der Waals surface area contributed by atoms with E-state index >= 15 is 0 Å². The Morgan fingerprint density at radius 3 is 3.00 bits per heavy atom. The number of imidazole rings is 1. The number of aromatic nitrogens is 2. The summed E-state index contributed by atoms with van der Waals surface area (Å²) in [4.78, 5) is 3.23. The first-order valence-electron chi connectivity index (χ1n) is 5.61. The third-order valence-corrected chi connectivity index (χ3v) is 3.50. The van der Waals surface area contributed by atoms with Crippen molar-refractivity contribution in [3.8, 4) is 5.75 Å². The summed E-state index contributed by atoms with van der Waals surface area (Å²) >= 11 is 7.17. The van der Waals surface area contributed by atoms with E-state index in [0.717, 1.165) is 33.9 Å². The van der Waals surface area contributed by atoms with Crippen LogP contribution in [-0.4, -0.2) is 28.2 Å². The Kier molecular flexibility index (Phi) is 4.12. The standard InChI is InChI=1S/C12H16N2OS2/c1-3-15-10-6-4-5-9-11(10)13-12(16)14(9)7-8-17-2/h4-6H,3,7-8H2,1-2H3,(H,13,16). The van der Waals surface area contributed by atoms with Crippen LogP contribution in [-0.2, 0) is 6.54 Å². The maximum atomic E-state index is 5.60. The van der Waals surface area contributed by atoms with Crippen molar-refractivity contribution in [3.63, 3.8) is 0 Å². The van der Waals surface area contributed by atoms with Gasteiger partial charge in [-0.05, 0) is 37.5 Å². The maximum Gasteiger partial charge on any atom is 0.178 e. The second-order valence-electron chi connectivity index (χ2n) is 3.66. The lowest BCUT2D eigenvalue weighted by Crippen LogP contribution is -2.00. The van der Waals surface area contributed by atoms with Crippen LogP contribution in [0.3, 0.4) is 0 Å². The lowest BCUT2D eigenvalue weighted by atomic mass is 10.3. The first-order chi connectivity index (χ1) is 8.27. The number of hydrogen-bond acceptors (Lipinski definition) is 3. The van der Waals surface area contributed by atoms with Crippen LogP contribution in [0.2, 0.25) is 0 Å². The van der Waals surface area contributed by atoms with Gasteiger partial charge in [0.2, 0.25) is 0 Å². The van der Waals surface area contributed by atoms with Crippen molar-refractivity contribution < 1.29 is 4.74 Å². The molecule has 0 saturated carbocycles. The van der Waals surface area contributed by atoms with Gasteiger partial charge in [0.05, 0.1) is 12.1 Å². The molecule has 2 rings (SSSR count). The fraction of sp³-hybridized carbons (Fsp3) is 0.417. The second-order valence-corrected chi connectivity index (χ2v) is 5.03. The summed E-state index contributed by atoms with van der Waals surface area (Å²) in [7, 11) is 0. The molecule has 0 aliphatic heterocycles. The van der Waals surface area contributed by atoms with Crippen molar-refractivity contribution in [1.82, 2.24) is 9.55 Å². The molecule has 1 aromatic heterocycles. The van der Waals surface area contributed by atoms with Gasteiger partial charge in [-0.2, -0.15) is 11.8 Å². The number of H-pyrrole nitrogens is 1. The van der Waals surface area contributed by atoms with Crippen LogP contribution in [0.25, 0.3) is 11.0 Å². The fourth-order valence-corrected chi connectivity index (χ4v) is 2.49. The summed E-state index contributed by atoms with van der Waals surface area (Å²) in [6.07, 6.45) is 2.10. The highest BCUT2D eigenvalue weighted by Gasteiger charge is 2.08. The Hall–Kier alpha value is -0.940. The molecule has 0 radical (unpaired) electrons. The number of rotatable bonds is 5. The van der Waals surface area contributed by atoms with Crippen LogP contribution < -0.4 is 4.74 Å². The molecule has 1 N–H and O–H groups in total. The summed E-state index contributed by atoms with van der Waals surface area (Å²) in [6, 6.07) is 6.05. The lowest BCUT2D eigenvalue weighted by Gasteiger charge is -2.05. The summed E-state index contributed by atoms with van der Waals surface area (Å²) < 4.78 is 8.49. The minimum Gasteiger partial charge on any atom is -0.492 e. The smallest absolute Gasteiger partial charge is 0.178 e. The van der Waals surface area contributed by atoms with E-state index in [-0.39, 0.29) is 0 Å². The lowest BCUT2D eigenvalue weighted by molar-refractivity contribution is 0.343. The number of nitrogens with zero attached hydrogens (tertiary/aromatic N) is 1. The predicted octanol–water partition coefficient (Wildman–Crippen LogP) is 3.46. The maximum absolute atomic E-state index is 5.60. The summed E-state index contributed by atoms with van der Waals surface area (Å²) in [6.45, 7) is 3.57. The van der Waals surface area contributed by atoms with Crippen LogP contribution in [0, 0.1) is 4.77 Å². The molecule has 0 unspecified atom stereocenters. The number of nitrogens with one attached hydrogen (secondary N) is 1. The van der Waals surface area contributed by atoms with E-state index in [2.05, 4.69) is 21.9 Å². The quantitative estimate of drug-likeness (QED) is 0.842. The van der Waals surface area contributed by atoms with Gasteiger partial charge in [-0.1, -0.05) is 6.07 Å². The number of para-hydroxylation sites is 1. The highest BCUT2D eigenvalue weighted by Crippen LogP contribution is 2.25. The molecular weight excluding hydrogens is 252 g/mol. The zero-order valence-electron chi connectivity index (χ0n) is 10.0. The van der Waals surface area contributed by atoms with E-state index in [0.29, 0.717) is 6.61 Å². The van der Waals surface area contributed by atoms with Gasteiger partial charge < -0.3 is 14.3 Å². The number of benzene rings is 1. The topological polar surface area (TPSA) is 29.9 Å². The molecule has 92 valence electrons. The molecule has 1 heterocycles. The van der Waals surface area contributed by atoms with Gasteiger partial charge in [0.1, 0.15) is 11.3 Å². The zero-order chi connectivity index (χ0) is 12.3. The molecule has 1 aromatic carbocycles. The molecule has 0 aliphatic rings. The normalized spacial score (nSPS) is 10.9. The molecule has 0 bridgehead atoms. The van der Waals surface area contributed by atoms with Crippen LogP contribution >= 0.6 is 24.0 Å². The minimum absolute atomic E-state index is 0.662. The summed E-state index contributed by atoms with van der Waals surface area (Å²) in [5.74, 6) is 1.93. The minimum atomic E-state index is 0.662. The third-order valence-electron chi connectivity index (χ3n) is 2.59. The van der Waals surface area contributed by atoms with Gasteiger partial charge in [0.25, 0.3) is 0 Å². The average Bonchev–Trinajstić information content (AvgIpc) is 2.64. The van der Waals surface area contributed by atoms with Crippen molar-refractivity contribution in [2.75, 3.05) is 18.6 Å². The molecule has 17 heavy (non-hydrogen) atoms. The Morgan fingerprint density at radius 1 is 1.47 bits per heavy atom. The number of thioether (sulfide) groups is 1. The average molecular weight is 268 g/mol. The van der Waals surface area contributed by atoms with Crippen LogP contribution in [0.5, 0.6) is 5.75 Å². The predicted molar refractivity (Wildman–Crippen MR) is 76.7 cm³/mol. The van der Waals surface area contributed by atoms with Crippen molar-refractivity contribution in [2.24, 2.45) is 0 Å². The molecule has 0 fully saturated rings. The van der Waals surface area contributed by atoms with Crippen LogP contribution in [0.15, 0.2) is 18.2 Å². The first kappa shape index (κ1) is 12.5. The van der Waals surface area contributed by atoms with Gasteiger partial charge in [-0.25, -0.2) is 0 Å². The third kappa shape index (κ3) is 2.50. The Balaban J connectivity index is 2.51. The largest absolute Gasteiger partial charge is 0.492 e. The highest BCUT2D eigenvalue weighted by molar-refractivity contribution is 7.98. The molecule has 2 aromatic rings. The van der Waals surface area contributed by atoms with Crippen molar-refractivity contribution in [2.45, 2.75) is 13.5 Å². The SMILES string of the molecule is CCOc1cccc2c1[nH]c(=S)n2CCSC. The van der Waals surface area contributed by atoms with Gasteiger partial charge in [0.15, 0.2) is 4.77 Å². The Morgan fingerprint density at radius 2 is 2.29 bits per heavy atom. The highest BCUT2D eigenvalue weighted by atomic mass is 32.2. The van der Waals surface area contributed by atoms with Crippen LogP contribution in [0.4, 0.5) is 0 Å². The van der Waals surface area contributed by atoms with E-state index in [4.69, 9.17) is 17.0 Å². The number of hydrogen-bond donors (Lipinski definition) is 1. The summed E-state index contributed by atoms with van der Waals surface area (Å²) in [5, 5.41) is 0. The molecule has 0 atom stereocenters. The molecular formula is C12H16N2OS2.